The Kier molecular flexibility index (Phi) is 17.6. The number of aldehydes is 1. The number of allylic oxidation sites excluding steroid dienone is 2. The molecule has 2 aromatic rings. The molecule has 1 aromatic heterocycles. The zero-order valence-corrected chi connectivity index (χ0v) is 29.1. The molecule has 1 aliphatic heterocycles. The number of nitrogens with two attached hydrogens (primary N) is 1. The van der Waals surface area contributed by atoms with Gasteiger partial charge in [0, 0.05) is 17.4 Å². The van der Waals surface area contributed by atoms with Crippen LogP contribution in [-0.2, 0) is 23.1 Å². The molecule has 2 heterocycles. The maximum atomic E-state index is 13.7. The van der Waals surface area contributed by atoms with Crippen LogP contribution in [-0.4, -0.2) is 46.2 Å². The number of phosphoric acid groups is 1. The molecule has 11 nitrogen and oxygen atoms in total. The summed E-state index contributed by atoms with van der Waals surface area (Å²) < 4.78 is 37.9. The van der Waals surface area contributed by atoms with Crippen molar-refractivity contribution in [2.75, 3.05) is 13.2 Å². The molecule has 0 radical (unpaired) electrons. The van der Waals surface area contributed by atoms with Crippen molar-refractivity contribution in [3.8, 4) is 11.6 Å². The minimum atomic E-state index is -4.12. The van der Waals surface area contributed by atoms with Gasteiger partial charge in [0.25, 0.3) is 5.91 Å². The number of carbonyl (C=O) groups is 2. The Morgan fingerprint density at radius 1 is 1.02 bits per heavy atom. The van der Waals surface area contributed by atoms with E-state index in [0.29, 0.717) is 17.7 Å². The monoisotopic (exact) mass is 695 g/mol. The number of amides is 1. The van der Waals surface area contributed by atoms with Crippen LogP contribution in [0.2, 0.25) is 5.02 Å². The van der Waals surface area contributed by atoms with Gasteiger partial charge in [0.2, 0.25) is 5.88 Å². The smallest absolute Gasteiger partial charge is 0.493 e. The third kappa shape index (κ3) is 13.8. The third-order valence-corrected chi connectivity index (χ3v) is 9.75. The first-order chi connectivity index (χ1) is 22.8. The molecule has 0 spiro atoms. The van der Waals surface area contributed by atoms with Crippen molar-refractivity contribution in [2.45, 2.75) is 116 Å². The summed E-state index contributed by atoms with van der Waals surface area (Å²) in [5, 5.41) is 10.8. The summed E-state index contributed by atoms with van der Waals surface area (Å²) in [5.41, 5.74) is 4.93. The molecular weight excluding hydrogens is 645 g/mol. The topological polar surface area (TPSA) is 152 Å². The summed E-state index contributed by atoms with van der Waals surface area (Å²) in [6.07, 6.45) is 21.5. The lowest BCUT2D eigenvalue weighted by molar-refractivity contribution is -0.113. The molecular formula is C34H51ClN3O8P. The van der Waals surface area contributed by atoms with E-state index >= 15 is 0 Å². The number of unbranched alkanes of at least 4 members (excludes halogenated alkanes) is 12. The average molecular weight is 696 g/mol. The summed E-state index contributed by atoms with van der Waals surface area (Å²) in [6, 6.07) is 6.30. The summed E-state index contributed by atoms with van der Waals surface area (Å²) in [6.45, 7) is 2.13. The molecule has 3 rings (SSSR count). The van der Waals surface area contributed by atoms with Gasteiger partial charge in [0.15, 0.2) is 5.69 Å². The molecule has 0 aliphatic carbocycles. The highest BCUT2D eigenvalue weighted by Gasteiger charge is 2.40. The lowest BCUT2D eigenvalue weighted by Gasteiger charge is -2.22. The van der Waals surface area contributed by atoms with Crippen molar-refractivity contribution in [3.63, 3.8) is 0 Å². The zero-order chi connectivity index (χ0) is 33.9. The molecule has 1 fully saturated rings. The van der Waals surface area contributed by atoms with Gasteiger partial charge in [-0.15, -0.1) is 0 Å². The number of rotatable bonds is 25. The minimum Gasteiger partial charge on any atom is -0.493 e. The zero-order valence-electron chi connectivity index (χ0n) is 27.5. The van der Waals surface area contributed by atoms with Gasteiger partial charge in [-0.05, 0) is 56.4 Å². The summed E-state index contributed by atoms with van der Waals surface area (Å²) in [4.78, 5) is 27.1. The highest BCUT2D eigenvalue weighted by atomic mass is 35.5. The second kappa shape index (κ2) is 21.3. The molecule has 47 heavy (non-hydrogen) atoms. The van der Waals surface area contributed by atoms with E-state index in [-0.39, 0.29) is 31.1 Å². The van der Waals surface area contributed by atoms with Crippen LogP contribution < -0.4 is 10.3 Å². The van der Waals surface area contributed by atoms with Gasteiger partial charge < -0.3 is 24.9 Å². The van der Waals surface area contributed by atoms with Crippen LogP contribution in [0.4, 0.5) is 0 Å². The quantitative estimate of drug-likeness (QED) is 0.0449. The number of aromatic hydroxyl groups is 1. The summed E-state index contributed by atoms with van der Waals surface area (Å²) in [7, 11) is -4.12. The van der Waals surface area contributed by atoms with Crippen molar-refractivity contribution < 1.29 is 37.6 Å². The number of hydrogen-bond donors (Lipinski definition) is 2. The number of imidazole rings is 1. The molecule has 4 atom stereocenters. The third-order valence-electron chi connectivity index (χ3n) is 8.10. The Bertz CT molecular complexity index is 1290. The number of primary amides is 1. The van der Waals surface area contributed by atoms with Gasteiger partial charge in [-0.1, -0.05) is 88.5 Å². The fourth-order valence-electron chi connectivity index (χ4n) is 5.37. The first kappa shape index (κ1) is 38.8. The van der Waals surface area contributed by atoms with Crippen molar-refractivity contribution in [1.82, 2.24) is 9.55 Å². The van der Waals surface area contributed by atoms with E-state index in [1.54, 1.807) is 24.3 Å². The largest absolute Gasteiger partial charge is 0.530 e. The van der Waals surface area contributed by atoms with E-state index in [1.807, 2.05) is 0 Å². The van der Waals surface area contributed by atoms with Gasteiger partial charge >= 0.3 is 7.82 Å². The number of phosphoric ester groups is 1. The lowest BCUT2D eigenvalue weighted by Crippen LogP contribution is -2.24. The van der Waals surface area contributed by atoms with Crippen LogP contribution in [0.5, 0.6) is 11.6 Å². The van der Waals surface area contributed by atoms with Gasteiger partial charge in [0.1, 0.15) is 24.6 Å². The molecule has 1 aromatic carbocycles. The Balaban J connectivity index is 1.41. The van der Waals surface area contributed by atoms with E-state index in [4.69, 9.17) is 35.6 Å². The van der Waals surface area contributed by atoms with E-state index < -0.39 is 37.9 Å². The van der Waals surface area contributed by atoms with Crippen molar-refractivity contribution in [2.24, 2.45) is 11.7 Å². The second-order valence-corrected chi connectivity index (χ2v) is 13.9. The molecule has 0 bridgehead atoms. The SMILES string of the molecule is CCCCCCCC/C=C\CCCCCCCCOP(=O)(OC[C@H]1O[C@@H](n2cnc(C(N)=O)c2O)CC1C=O)Oc1ccc(Cl)cc1. The lowest BCUT2D eigenvalue weighted by atomic mass is 10.0. The van der Waals surface area contributed by atoms with E-state index in [9.17, 15) is 19.3 Å². The van der Waals surface area contributed by atoms with E-state index in [2.05, 4.69) is 24.1 Å². The molecule has 3 N–H and O–H groups in total. The number of halogens is 1. The average Bonchev–Trinajstić information content (AvgIpc) is 3.65. The fraction of sp³-hybridized carbons (Fsp3) is 0.618. The molecule has 0 saturated carbocycles. The fourth-order valence-corrected chi connectivity index (χ4v) is 6.74. The number of nitrogens with zero attached hydrogens (tertiary/aromatic N) is 2. The van der Waals surface area contributed by atoms with Crippen molar-refractivity contribution in [3.05, 3.63) is 53.5 Å². The number of aromatic nitrogens is 2. The number of hydrogen-bond acceptors (Lipinski definition) is 9. The van der Waals surface area contributed by atoms with Crippen LogP contribution in [0, 0.1) is 5.92 Å². The van der Waals surface area contributed by atoms with Gasteiger partial charge in [-0.2, -0.15) is 0 Å². The highest BCUT2D eigenvalue weighted by Crippen LogP contribution is 2.51. The molecule has 13 heteroatoms. The molecule has 1 saturated heterocycles. The number of benzene rings is 1. The summed E-state index contributed by atoms with van der Waals surface area (Å²) in [5.74, 6) is -1.77. The standard InChI is InChI=1S/C34H51ClN3O8P/c1-2-3-4-5-6-7-8-9-10-11-12-13-14-15-16-17-22-43-47(42,46-29-20-18-28(35)19-21-29)44-25-30-27(24-39)23-31(45-30)38-26-37-32(33(36)40)34(38)41/h9-10,18-21,24,26-27,30-31,41H,2-8,11-17,22-23,25H2,1H3,(H2,36,40)/b10-9-/t27?,30-,31-,47?/m1/s1. The molecule has 1 aliphatic rings. The highest BCUT2D eigenvalue weighted by molar-refractivity contribution is 7.48. The Morgan fingerprint density at radius 2 is 1.64 bits per heavy atom. The first-order valence-corrected chi connectivity index (χ1v) is 18.8. The molecule has 262 valence electrons. The Hall–Kier alpha value is -2.69. The van der Waals surface area contributed by atoms with Gasteiger partial charge in [-0.25, -0.2) is 9.55 Å². The van der Waals surface area contributed by atoms with Crippen LogP contribution in [0.1, 0.15) is 120 Å². The molecule has 1 amide bonds. The van der Waals surface area contributed by atoms with Crippen molar-refractivity contribution in [1.29, 1.82) is 0 Å². The Labute approximate surface area is 283 Å². The second-order valence-electron chi connectivity index (χ2n) is 11.9. The van der Waals surface area contributed by atoms with Crippen LogP contribution >= 0.6 is 19.4 Å². The predicted octanol–water partition coefficient (Wildman–Crippen LogP) is 8.70. The summed E-state index contributed by atoms with van der Waals surface area (Å²) >= 11 is 5.98. The van der Waals surface area contributed by atoms with Gasteiger partial charge in [-0.3, -0.25) is 18.4 Å². The maximum Gasteiger partial charge on any atom is 0.530 e. The number of ether oxygens (including phenoxy) is 1. The first-order valence-electron chi connectivity index (χ1n) is 16.9. The number of carbonyl (C=O) groups excluding carboxylic acids is 2. The van der Waals surface area contributed by atoms with E-state index in [0.717, 1.165) is 25.7 Å². The van der Waals surface area contributed by atoms with Crippen LogP contribution in [0.3, 0.4) is 0 Å². The van der Waals surface area contributed by atoms with Gasteiger partial charge in [0.05, 0.1) is 19.3 Å². The van der Waals surface area contributed by atoms with Crippen LogP contribution in [0.15, 0.2) is 42.7 Å². The van der Waals surface area contributed by atoms with Crippen molar-refractivity contribution >= 4 is 31.6 Å². The van der Waals surface area contributed by atoms with Crippen LogP contribution in [0.25, 0.3) is 0 Å². The normalized spacial score (nSPS) is 19.2. The Morgan fingerprint density at radius 3 is 2.23 bits per heavy atom. The molecule has 2 unspecified atom stereocenters. The predicted molar refractivity (Wildman–Crippen MR) is 182 cm³/mol. The van der Waals surface area contributed by atoms with E-state index in [1.165, 1.54) is 68.7 Å². The maximum absolute atomic E-state index is 13.7. The minimum absolute atomic E-state index is 0.163.